The molecule has 0 spiro atoms. The highest BCUT2D eigenvalue weighted by Crippen LogP contribution is 2.15. The van der Waals surface area contributed by atoms with Crippen LogP contribution >= 0.6 is 0 Å². The molecule has 18 heavy (non-hydrogen) atoms. The maximum absolute atomic E-state index is 12.0. The zero-order valence-electron chi connectivity index (χ0n) is 11.3. The van der Waals surface area contributed by atoms with Crippen molar-refractivity contribution in [2.45, 2.75) is 44.9 Å². The monoisotopic (exact) mass is 248 g/mol. The number of quaternary nitrogens is 1. The van der Waals surface area contributed by atoms with Crippen LogP contribution < -0.4 is 4.90 Å². The molecule has 1 saturated heterocycles. The second-order valence-corrected chi connectivity index (χ2v) is 5.41. The average molecular weight is 248 g/mol. The molecule has 2 atom stereocenters. The molecule has 1 aliphatic heterocycles. The van der Waals surface area contributed by atoms with Gasteiger partial charge in [-0.3, -0.25) is 0 Å². The number of hydrogen-bond donors (Lipinski definition) is 1. The number of rotatable bonds is 2. The Hall–Kier alpha value is -1.35. The number of ether oxygens (including phenoxy) is 1. The van der Waals surface area contributed by atoms with Gasteiger partial charge < -0.3 is 9.64 Å². The molecule has 98 valence electrons. The summed E-state index contributed by atoms with van der Waals surface area (Å²) in [7, 11) is 2.21. The van der Waals surface area contributed by atoms with Crippen LogP contribution in [0.15, 0.2) is 30.3 Å². The van der Waals surface area contributed by atoms with Crippen LogP contribution in [0, 0.1) is 0 Å². The van der Waals surface area contributed by atoms with Crippen LogP contribution in [0.1, 0.15) is 37.0 Å². The summed E-state index contributed by atoms with van der Waals surface area (Å²) >= 11 is 0. The summed E-state index contributed by atoms with van der Waals surface area (Å²) in [5.41, 5.74) is 0.643. The Balaban J connectivity index is 1.96. The molecular formula is C15H22NO2+. The summed E-state index contributed by atoms with van der Waals surface area (Å²) in [6.07, 6.45) is 1.97. The van der Waals surface area contributed by atoms with E-state index in [1.165, 1.54) is 4.90 Å². The van der Waals surface area contributed by atoms with Crippen LogP contribution in [0.4, 0.5) is 0 Å². The average Bonchev–Trinajstić information content (AvgIpc) is 2.37. The van der Waals surface area contributed by atoms with Crippen molar-refractivity contribution in [2.75, 3.05) is 7.05 Å². The van der Waals surface area contributed by atoms with Crippen molar-refractivity contribution < 1.29 is 14.4 Å². The van der Waals surface area contributed by atoms with E-state index in [9.17, 15) is 4.79 Å². The van der Waals surface area contributed by atoms with E-state index in [4.69, 9.17) is 4.74 Å². The topological polar surface area (TPSA) is 30.7 Å². The highest BCUT2D eigenvalue weighted by molar-refractivity contribution is 5.89. The van der Waals surface area contributed by atoms with Crippen LogP contribution in [0.25, 0.3) is 0 Å². The maximum Gasteiger partial charge on any atom is 0.338 e. The van der Waals surface area contributed by atoms with Crippen LogP contribution in [0.5, 0.6) is 0 Å². The second kappa shape index (κ2) is 5.53. The van der Waals surface area contributed by atoms with Crippen LogP contribution in [0.3, 0.4) is 0 Å². The molecule has 0 amide bonds. The van der Waals surface area contributed by atoms with Crippen molar-refractivity contribution in [3.63, 3.8) is 0 Å². The van der Waals surface area contributed by atoms with Gasteiger partial charge in [0, 0.05) is 12.8 Å². The Morgan fingerprint density at radius 1 is 1.17 bits per heavy atom. The quantitative estimate of drug-likeness (QED) is 0.800. The lowest BCUT2D eigenvalue weighted by Gasteiger charge is -2.36. The van der Waals surface area contributed by atoms with Crippen molar-refractivity contribution in [2.24, 2.45) is 0 Å². The van der Waals surface area contributed by atoms with Gasteiger partial charge in [-0.15, -0.1) is 0 Å². The number of carbonyl (C=O) groups is 1. The van der Waals surface area contributed by atoms with E-state index in [1.807, 2.05) is 18.2 Å². The van der Waals surface area contributed by atoms with E-state index in [2.05, 4.69) is 20.9 Å². The third kappa shape index (κ3) is 2.91. The Bertz CT molecular complexity index is 392. The first-order valence-corrected chi connectivity index (χ1v) is 6.67. The standard InChI is InChI=1S/C15H21NO2/c1-11-9-14(10-12(2)16(11)3)18-15(17)13-7-5-4-6-8-13/h4-8,11-12,14H,9-10H2,1-3H3/p+1/t11-,12-/m1/s1. The molecule has 3 nitrogen and oxygen atoms in total. The predicted octanol–water partition coefficient (Wildman–Crippen LogP) is 1.30. The summed E-state index contributed by atoms with van der Waals surface area (Å²) in [4.78, 5) is 13.5. The predicted molar refractivity (Wildman–Crippen MR) is 70.7 cm³/mol. The van der Waals surface area contributed by atoms with Gasteiger partial charge in [0.15, 0.2) is 0 Å². The van der Waals surface area contributed by atoms with Gasteiger partial charge in [-0.2, -0.15) is 0 Å². The van der Waals surface area contributed by atoms with Gasteiger partial charge in [-0.05, 0) is 26.0 Å². The Morgan fingerprint density at radius 3 is 2.28 bits per heavy atom. The van der Waals surface area contributed by atoms with E-state index in [0.717, 1.165) is 12.8 Å². The van der Waals surface area contributed by atoms with Gasteiger partial charge in [0.1, 0.15) is 6.10 Å². The van der Waals surface area contributed by atoms with Crippen molar-refractivity contribution >= 4 is 5.97 Å². The highest BCUT2D eigenvalue weighted by atomic mass is 16.5. The first-order chi connectivity index (χ1) is 8.58. The first kappa shape index (κ1) is 13.1. The SMILES string of the molecule is C[C@@H]1CC(OC(=O)c2ccccc2)C[C@@H](C)[NH+]1C. The minimum atomic E-state index is -0.195. The fraction of sp³-hybridized carbons (Fsp3) is 0.533. The van der Waals surface area contributed by atoms with Crippen molar-refractivity contribution in [3.05, 3.63) is 35.9 Å². The molecule has 0 saturated carbocycles. The van der Waals surface area contributed by atoms with Crippen LogP contribution in [0.2, 0.25) is 0 Å². The zero-order chi connectivity index (χ0) is 13.1. The number of carbonyl (C=O) groups excluding carboxylic acids is 1. The van der Waals surface area contributed by atoms with E-state index in [-0.39, 0.29) is 12.1 Å². The Morgan fingerprint density at radius 2 is 1.72 bits per heavy atom. The molecule has 0 aromatic heterocycles. The van der Waals surface area contributed by atoms with Gasteiger partial charge in [0.05, 0.1) is 24.7 Å². The molecular weight excluding hydrogens is 226 g/mol. The third-order valence-electron chi connectivity index (χ3n) is 4.07. The number of piperidine rings is 1. The normalized spacial score (nSPS) is 31.9. The summed E-state index contributed by atoms with van der Waals surface area (Å²) in [6, 6.07) is 10.3. The summed E-state index contributed by atoms with van der Waals surface area (Å²) < 4.78 is 5.61. The van der Waals surface area contributed by atoms with E-state index >= 15 is 0 Å². The zero-order valence-corrected chi connectivity index (χ0v) is 11.3. The van der Waals surface area contributed by atoms with Gasteiger partial charge in [0.25, 0.3) is 0 Å². The molecule has 0 aliphatic carbocycles. The molecule has 1 aliphatic rings. The third-order valence-corrected chi connectivity index (χ3v) is 4.07. The van der Waals surface area contributed by atoms with Crippen molar-refractivity contribution in [3.8, 4) is 0 Å². The Kier molecular flexibility index (Phi) is 4.02. The second-order valence-electron chi connectivity index (χ2n) is 5.41. The minimum Gasteiger partial charge on any atom is -0.458 e. The fourth-order valence-corrected chi connectivity index (χ4v) is 2.63. The summed E-state index contributed by atoms with van der Waals surface area (Å²) in [5, 5.41) is 0. The van der Waals surface area contributed by atoms with E-state index < -0.39 is 0 Å². The molecule has 1 heterocycles. The lowest BCUT2D eigenvalue weighted by molar-refractivity contribution is -0.933. The first-order valence-electron chi connectivity index (χ1n) is 6.67. The van der Waals surface area contributed by atoms with Crippen molar-refractivity contribution in [1.29, 1.82) is 0 Å². The molecule has 3 heteroatoms. The lowest BCUT2D eigenvalue weighted by Crippen LogP contribution is -3.17. The van der Waals surface area contributed by atoms with Gasteiger partial charge in [-0.1, -0.05) is 18.2 Å². The molecule has 1 fully saturated rings. The van der Waals surface area contributed by atoms with Crippen LogP contribution in [-0.4, -0.2) is 31.2 Å². The number of nitrogens with one attached hydrogen (secondary N) is 1. The largest absolute Gasteiger partial charge is 0.458 e. The Labute approximate surface area is 109 Å². The number of hydrogen-bond acceptors (Lipinski definition) is 2. The smallest absolute Gasteiger partial charge is 0.338 e. The molecule has 0 unspecified atom stereocenters. The van der Waals surface area contributed by atoms with E-state index in [1.54, 1.807) is 12.1 Å². The van der Waals surface area contributed by atoms with Crippen LogP contribution in [-0.2, 0) is 4.74 Å². The molecule has 1 aromatic carbocycles. The minimum absolute atomic E-state index is 0.0615. The molecule has 0 bridgehead atoms. The number of esters is 1. The summed E-state index contributed by atoms with van der Waals surface area (Å²) in [5.74, 6) is -0.195. The summed E-state index contributed by atoms with van der Waals surface area (Å²) in [6.45, 7) is 4.43. The molecule has 1 N–H and O–H groups in total. The van der Waals surface area contributed by atoms with Crippen molar-refractivity contribution in [1.82, 2.24) is 0 Å². The number of likely N-dealkylation sites (tertiary alicyclic amines) is 1. The maximum atomic E-state index is 12.0. The number of benzene rings is 1. The molecule has 1 aromatic rings. The highest BCUT2D eigenvalue weighted by Gasteiger charge is 2.33. The lowest BCUT2D eigenvalue weighted by atomic mass is 9.95. The molecule has 2 rings (SSSR count). The fourth-order valence-electron chi connectivity index (χ4n) is 2.63. The van der Waals surface area contributed by atoms with Gasteiger partial charge >= 0.3 is 5.97 Å². The van der Waals surface area contributed by atoms with Gasteiger partial charge in [0.2, 0.25) is 0 Å². The van der Waals surface area contributed by atoms with Gasteiger partial charge in [-0.25, -0.2) is 4.79 Å². The molecule has 0 radical (unpaired) electrons. The van der Waals surface area contributed by atoms with E-state index in [0.29, 0.717) is 17.6 Å².